The van der Waals surface area contributed by atoms with Gasteiger partial charge in [0.05, 0.1) is 11.1 Å². The van der Waals surface area contributed by atoms with Crippen LogP contribution in [0.1, 0.15) is 35.2 Å². The van der Waals surface area contributed by atoms with Crippen molar-refractivity contribution in [1.82, 2.24) is 10.3 Å². The van der Waals surface area contributed by atoms with Gasteiger partial charge in [-0.2, -0.15) is 0 Å². The Labute approximate surface area is 119 Å². The van der Waals surface area contributed by atoms with Gasteiger partial charge in [0.25, 0.3) is 0 Å². The molecule has 2 rings (SSSR count). The number of rotatable bonds is 4. The monoisotopic (exact) mass is 274 g/mol. The van der Waals surface area contributed by atoms with Crippen LogP contribution in [0.4, 0.5) is 0 Å². The van der Waals surface area contributed by atoms with Crippen molar-refractivity contribution < 1.29 is 0 Å². The van der Waals surface area contributed by atoms with E-state index < -0.39 is 0 Å². The molecule has 0 saturated heterocycles. The first-order valence-corrected chi connectivity index (χ1v) is 6.91. The lowest BCUT2D eigenvalue weighted by molar-refractivity contribution is 0.627. The predicted octanol–water partition coefficient (Wildman–Crippen LogP) is 4.05. The zero-order valence-corrected chi connectivity index (χ0v) is 12.3. The Morgan fingerprint density at radius 1 is 1.21 bits per heavy atom. The number of halogens is 1. The van der Waals surface area contributed by atoms with Gasteiger partial charge in [-0.05, 0) is 43.1 Å². The van der Waals surface area contributed by atoms with Crippen molar-refractivity contribution in [3.05, 3.63) is 63.9 Å². The largest absolute Gasteiger partial charge is 0.306 e. The Balaban J connectivity index is 2.48. The Kier molecular flexibility index (Phi) is 4.56. The molecule has 1 aromatic carbocycles. The highest BCUT2D eigenvalue weighted by molar-refractivity contribution is 6.31. The molecule has 0 saturated carbocycles. The average Bonchev–Trinajstić information content (AvgIpc) is 2.38. The van der Waals surface area contributed by atoms with Gasteiger partial charge in [-0.1, -0.05) is 42.3 Å². The first-order valence-electron chi connectivity index (χ1n) is 6.53. The van der Waals surface area contributed by atoms with Crippen LogP contribution in [0.5, 0.6) is 0 Å². The summed E-state index contributed by atoms with van der Waals surface area (Å²) < 4.78 is 0. The molecule has 2 aromatic rings. The Morgan fingerprint density at radius 3 is 2.63 bits per heavy atom. The summed E-state index contributed by atoms with van der Waals surface area (Å²) in [5, 5.41) is 4.21. The zero-order chi connectivity index (χ0) is 13.8. The van der Waals surface area contributed by atoms with Crippen LogP contribution in [0.3, 0.4) is 0 Å². The second-order valence-corrected chi connectivity index (χ2v) is 5.16. The van der Waals surface area contributed by atoms with Crippen molar-refractivity contribution in [2.24, 2.45) is 0 Å². The lowest BCUT2D eigenvalue weighted by Crippen LogP contribution is -2.23. The van der Waals surface area contributed by atoms with Crippen LogP contribution in [0.25, 0.3) is 0 Å². The molecule has 1 heterocycles. The van der Waals surface area contributed by atoms with Gasteiger partial charge in [0.2, 0.25) is 0 Å². The van der Waals surface area contributed by atoms with Crippen LogP contribution < -0.4 is 5.32 Å². The minimum Gasteiger partial charge on any atom is -0.306 e. The van der Waals surface area contributed by atoms with E-state index in [1.54, 1.807) is 12.4 Å². The van der Waals surface area contributed by atoms with E-state index >= 15 is 0 Å². The molecule has 3 heteroatoms. The highest BCUT2D eigenvalue weighted by Crippen LogP contribution is 2.29. The second-order valence-electron chi connectivity index (χ2n) is 4.75. The molecule has 1 N–H and O–H groups in total. The summed E-state index contributed by atoms with van der Waals surface area (Å²) in [6.07, 6.45) is 3.49. The minimum absolute atomic E-state index is 0.112. The number of nitrogens with one attached hydrogen (secondary N) is 1. The fourth-order valence-electron chi connectivity index (χ4n) is 2.36. The van der Waals surface area contributed by atoms with Crippen molar-refractivity contribution in [2.45, 2.75) is 26.8 Å². The van der Waals surface area contributed by atoms with Gasteiger partial charge in [-0.15, -0.1) is 0 Å². The van der Waals surface area contributed by atoms with E-state index in [1.165, 1.54) is 16.7 Å². The Morgan fingerprint density at radius 2 is 2.00 bits per heavy atom. The summed E-state index contributed by atoms with van der Waals surface area (Å²) in [5.74, 6) is 0. The molecule has 1 unspecified atom stereocenters. The van der Waals surface area contributed by atoms with E-state index in [2.05, 4.69) is 49.3 Å². The van der Waals surface area contributed by atoms with Gasteiger partial charge in [0.1, 0.15) is 0 Å². The molecule has 19 heavy (non-hydrogen) atoms. The third-order valence-electron chi connectivity index (χ3n) is 3.26. The number of aromatic nitrogens is 1. The topological polar surface area (TPSA) is 24.9 Å². The number of nitrogens with zero attached hydrogens (tertiary/aromatic N) is 1. The highest BCUT2D eigenvalue weighted by Gasteiger charge is 2.17. The third-order valence-corrected chi connectivity index (χ3v) is 3.58. The molecule has 100 valence electrons. The first kappa shape index (κ1) is 14.0. The Bertz CT molecular complexity index is 566. The van der Waals surface area contributed by atoms with E-state index in [9.17, 15) is 0 Å². The maximum Gasteiger partial charge on any atom is 0.0640 e. The van der Waals surface area contributed by atoms with Gasteiger partial charge >= 0.3 is 0 Å². The van der Waals surface area contributed by atoms with Gasteiger partial charge in [-0.3, -0.25) is 4.98 Å². The summed E-state index contributed by atoms with van der Waals surface area (Å²) >= 11 is 6.29. The fraction of sp³-hybridized carbons (Fsp3) is 0.312. The van der Waals surface area contributed by atoms with Crippen LogP contribution in [-0.4, -0.2) is 11.5 Å². The number of aryl methyl sites for hydroxylation is 2. The predicted molar refractivity (Wildman–Crippen MR) is 80.7 cm³/mol. The minimum atomic E-state index is 0.112. The number of hydrogen-bond donors (Lipinski definition) is 1. The van der Waals surface area contributed by atoms with Gasteiger partial charge in [0.15, 0.2) is 0 Å². The standard InChI is InChI=1S/C16H19ClN2/c1-4-19-16(14-7-8-18-10-15(14)17)13-6-5-11(2)9-12(13)3/h5-10,16,19H,4H2,1-3H3. The molecule has 1 aromatic heterocycles. The molecule has 0 aliphatic heterocycles. The molecule has 0 aliphatic rings. The third kappa shape index (κ3) is 3.14. The molecule has 0 bridgehead atoms. The lowest BCUT2D eigenvalue weighted by Gasteiger charge is -2.22. The summed E-state index contributed by atoms with van der Waals surface area (Å²) in [6, 6.07) is 8.61. The zero-order valence-electron chi connectivity index (χ0n) is 11.6. The normalized spacial score (nSPS) is 12.4. The van der Waals surface area contributed by atoms with Gasteiger partial charge < -0.3 is 5.32 Å². The molecule has 0 aliphatic carbocycles. The summed E-state index contributed by atoms with van der Waals surface area (Å²) in [4.78, 5) is 4.06. The number of pyridine rings is 1. The summed E-state index contributed by atoms with van der Waals surface area (Å²) in [5.41, 5.74) is 4.89. The molecule has 0 fully saturated rings. The highest BCUT2D eigenvalue weighted by atomic mass is 35.5. The second kappa shape index (κ2) is 6.18. The average molecular weight is 275 g/mol. The van der Waals surface area contributed by atoms with Crippen molar-refractivity contribution in [1.29, 1.82) is 0 Å². The SMILES string of the molecule is CCNC(c1ccc(C)cc1C)c1ccncc1Cl. The number of hydrogen-bond acceptors (Lipinski definition) is 2. The van der Waals surface area contributed by atoms with E-state index in [4.69, 9.17) is 11.6 Å². The molecule has 0 radical (unpaired) electrons. The number of benzene rings is 1. The van der Waals surface area contributed by atoms with Crippen LogP contribution >= 0.6 is 11.6 Å². The van der Waals surface area contributed by atoms with Crippen LogP contribution in [0, 0.1) is 13.8 Å². The fourth-order valence-corrected chi connectivity index (χ4v) is 2.59. The maximum atomic E-state index is 6.29. The van der Waals surface area contributed by atoms with E-state index in [0.29, 0.717) is 5.02 Å². The van der Waals surface area contributed by atoms with Gasteiger partial charge in [0, 0.05) is 12.4 Å². The van der Waals surface area contributed by atoms with Crippen LogP contribution in [0.2, 0.25) is 5.02 Å². The molecule has 1 atom stereocenters. The smallest absolute Gasteiger partial charge is 0.0640 e. The quantitative estimate of drug-likeness (QED) is 0.910. The van der Waals surface area contributed by atoms with E-state index in [1.807, 2.05) is 6.07 Å². The van der Waals surface area contributed by atoms with Crippen molar-refractivity contribution >= 4 is 11.6 Å². The lowest BCUT2D eigenvalue weighted by atomic mass is 9.94. The van der Waals surface area contributed by atoms with Crippen molar-refractivity contribution in [3.8, 4) is 0 Å². The first-order chi connectivity index (χ1) is 9.13. The molecular weight excluding hydrogens is 256 g/mol. The van der Waals surface area contributed by atoms with Crippen LogP contribution in [0.15, 0.2) is 36.7 Å². The van der Waals surface area contributed by atoms with Crippen LogP contribution in [-0.2, 0) is 0 Å². The molecule has 0 spiro atoms. The van der Waals surface area contributed by atoms with E-state index in [-0.39, 0.29) is 6.04 Å². The molecule has 0 amide bonds. The van der Waals surface area contributed by atoms with Gasteiger partial charge in [-0.25, -0.2) is 0 Å². The maximum absolute atomic E-state index is 6.29. The summed E-state index contributed by atoms with van der Waals surface area (Å²) in [6.45, 7) is 7.24. The molecular formula is C16H19ClN2. The van der Waals surface area contributed by atoms with Crippen molar-refractivity contribution in [3.63, 3.8) is 0 Å². The molecule has 2 nitrogen and oxygen atoms in total. The Hall–Kier alpha value is -1.38. The van der Waals surface area contributed by atoms with E-state index in [0.717, 1.165) is 12.1 Å². The summed E-state index contributed by atoms with van der Waals surface area (Å²) in [7, 11) is 0. The van der Waals surface area contributed by atoms with Crippen molar-refractivity contribution in [2.75, 3.05) is 6.54 Å².